The minimum Gasteiger partial charge on any atom is -0.357 e. The van der Waals surface area contributed by atoms with E-state index < -0.39 is 0 Å². The van der Waals surface area contributed by atoms with E-state index in [1.807, 2.05) is 24.3 Å². The predicted octanol–water partition coefficient (Wildman–Crippen LogP) is 3.81. The maximum absolute atomic E-state index is 5.85. The summed E-state index contributed by atoms with van der Waals surface area (Å²) in [6.45, 7) is 7.89. The lowest BCUT2D eigenvalue weighted by atomic mass is 10.2. The van der Waals surface area contributed by atoms with Crippen molar-refractivity contribution in [1.82, 2.24) is 10.6 Å². The molecular weight excluding hydrogens is 373 g/mol. The smallest absolute Gasteiger partial charge is 0.191 e. The van der Waals surface area contributed by atoms with Gasteiger partial charge in [-0.1, -0.05) is 30.7 Å². The zero-order valence-corrected chi connectivity index (χ0v) is 14.8. The number of hydrogen-bond donors (Lipinski definition) is 2. The van der Waals surface area contributed by atoms with E-state index in [1.54, 1.807) is 0 Å². The van der Waals surface area contributed by atoms with Gasteiger partial charge in [-0.05, 0) is 38.0 Å². The van der Waals surface area contributed by atoms with Crippen molar-refractivity contribution in [3.05, 3.63) is 34.9 Å². The Balaban J connectivity index is 0.00000324. The van der Waals surface area contributed by atoms with Gasteiger partial charge < -0.3 is 10.6 Å². The summed E-state index contributed by atoms with van der Waals surface area (Å²) in [6.07, 6.45) is 1.07. The molecule has 0 heterocycles. The van der Waals surface area contributed by atoms with Crippen LogP contribution in [-0.4, -0.2) is 18.5 Å². The molecule has 0 saturated heterocycles. The van der Waals surface area contributed by atoms with Crippen LogP contribution in [0.5, 0.6) is 0 Å². The summed E-state index contributed by atoms with van der Waals surface area (Å²) in [4.78, 5) is 4.55. The second-order valence-electron chi connectivity index (χ2n) is 4.28. The quantitative estimate of drug-likeness (QED) is 0.452. The van der Waals surface area contributed by atoms with Crippen molar-refractivity contribution in [3.8, 4) is 0 Å². The normalized spacial score (nSPS) is 12.5. The first kappa shape index (κ1) is 18.5. The number of rotatable bonds is 5. The number of guanidine groups is 1. The molecule has 1 rings (SSSR count). The Morgan fingerprint density at radius 1 is 1.26 bits per heavy atom. The molecule has 2 N–H and O–H groups in total. The topological polar surface area (TPSA) is 36.4 Å². The number of aliphatic imine (C=N–C) groups is 1. The van der Waals surface area contributed by atoms with Crippen LogP contribution in [0, 0.1) is 0 Å². The van der Waals surface area contributed by atoms with Crippen LogP contribution in [0.15, 0.2) is 29.3 Å². The van der Waals surface area contributed by atoms with Crippen LogP contribution in [0.1, 0.15) is 32.8 Å². The molecule has 0 amide bonds. The lowest BCUT2D eigenvalue weighted by Crippen LogP contribution is -2.41. The lowest BCUT2D eigenvalue weighted by molar-refractivity contribution is 0.624. The first-order valence-electron chi connectivity index (χ1n) is 6.45. The Bertz CT molecular complexity index is 379. The Morgan fingerprint density at radius 2 is 1.89 bits per heavy atom. The molecule has 1 atom stereocenters. The summed E-state index contributed by atoms with van der Waals surface area (Å²) in [5.41, 5.74) is 1.15. The van der Waals surface area contributed by atoms with Crippen molar-refractivity contribution < 1.29 is 0 Å². The third-order valence-electron chi connectivity index (χ3n) is 2.67. The van der Waals surface area contributed by atoms with Crippen LogP contribution in [0.3, 0.4) is 0 Å². The molecule has 0 spiro atoms. The van der Waals surface area contributed by atoms with Crippen LogP contribution >= 0.6 is 35.6 Å². The molecule has 0 bridgehead atoms. The molecule has 19 heavy (non-hydrogen) atoms. The minimum absolute atomic E-state index is 0. The van der Waals surface area contributed by atoms with E-state index >= 15 is 0 Å². The molecule has 0 aliphatic carbocycles. The largest absolute Gasteiger partial charge is 0.357 e. The minimum atomic E-state index is 0. The van der Waals surface area contributed by atoms with Gasteiger partial charge in [0.1, 0.15) is 0 Å². The number of nitrogens with zero attached hydrogens (tertiary/aromatic N) is 1. The molecule has 0 saturated carbocycles. The van der Waals surface area contributed by atoms with Crippen LogP contribution in [-0.2, 0) is 6.54 Å². The first-order valence-corrected chi connectivity index (χ1v) is 6.82. The second kappa shape index (κ2) is 10.3. The van der Waals surface area contributed by atoms with Crippen molar-refractivity contribution in [2.75, 3.05) is 6.54 Å². The number of halogens is 2. The van der Waals surface area contributed by atoms with Crippen molar-refractivity contribution in [2.45, 2.75) is 39.8 Å². The van der Waals surface area contributed by atoms with Gasteiger partial charge in [0.2, 0.25) is 0 Å². The first-order chi connectivity index (χ1) is 8.65. The van der Waals surface area contributed by atoms with Crippen LogP contribution in [0.2, 0.25) is 5.02 Å². The van der Waals surface area contributed by atoms with E-state index in [4.69, 9.17) is 11.6 Å². The van der Waals surface area contributed by atoms with Crippen LogP contribution < -0.4 is 10.6 Å². The van der Waals surface area contributed by atoms with Gasteiger partial charge in [-0.3, -0.25) is 0 Å². The van der Waals surface area contributed by atoms with Crippen molar-refractivity contribution >= 4 is 41.5 Å². The molecule has 1 unspecified atom stereocenters. The lowest BCUT2D eigenvalue weighted by Gasteiger charge is -2.16. The molecule has 1 aromatic rings. The van der Waals surface area contributed by atoms with Gasteiger partial charge in [0, 0.05) is 17.6 Å². The Labute approximate surface area is 138 Å². The Hall–Kier alpha value is -0.490. The number of benzene rings is 1. The highest BCUT2D eigenvalue weighted by molar-refractivity contribution is 14.0. The third-order valence-corrected chi connectivity index (χ3v) is 2.92. The molecule has 0 radical (unpaired) electrons. The second-order valence-corrected chi connectivity index (χ2v) is 4.71. The van der Waals surface area contributed by atoms with Gasteiger partial charge in [0.25, 0.3) is 0 Å². The highest BCUT2D eigenvalue weighted by Crippen LogP contribution is 2.10. The molecule has 1 aromatic carbocycles. The van der Waals surface area contributed by atoms with Crippen molar-refractivity contribution in [3.63, 3.8) is 0 Å². The Morgan fingerprint density at radius 3 is 2.42 bits per heavy atom. The average molecular weight is 396 g/mol. The van der Waals surface area contributed by atoms with E-state index in [2.05, 4.69) is 36.4 Å². The summed E-state index contributed by atoms with van der Waals surface area (Å²) in [7, 11) is 0. The van der Waals surface area contributed by atoms with E-state index in [-0.39, 0.29) is 24.0 Å². The Kier molecular flexibility index (Phi) is 10.0. The molecule has 0 aliphatic heterocycles. The zero-order chi connectivity index (χ0) is 13.4. The molecule has 108 valence electrons. The van der Waals surface area contributed by atoms with Gasteiger partial charge in [0.15, 0.2) is 5.96 Å². The summed E-state index contributed by atoms with van der Waals surface area (Å²) < 4.78 is 0. The maximum atomic E-state index is 5.85. The van der Waals surface area contributed by atoms with Gasteiger partial charge in [-0.2, -0.15) is 0 Å². The van der Waals surface area contributed by atoms with Crippen LogP contribution in [0.25, 0.3) is 0 Å². The third kappa shape index (κ3) is 7.62. The summed E-state index contributed by atoms with van der Waals surface area (Å²) in [6, 6.07) is 8.20. The monoisotopic (exact) mass is 395 g/mol. The fraction of sp³-hybridized carbons (Fsp3) is 0.500. The van der Waals surface area contributed by atoms with Crippen molar-refractivity contribution in [2.24, 2.45) is 4.99 Å². The van der Waals surface area contributed by atoms with Gasteiger partial charge in [-0.25, -0.2) is 4.99 Å². The number of hydrogen-bond acceptors (Lipinski definition) is 1. The van der Waals surface area contributed by atoms with E-state index in [0.717, 1.165) is 29.5 Å². The molecule has 5 heteroatoms. The van der Waals surface area contributed by atoms with E-state index in [1.165, 1.54) is 0 Å². The fourth-order valence-electron chi connectivity index (χ4n) is 1.42. The van der Waals surface area contributed by atoms with E-state index in [0.29, 0.717) is 12.6 Å². The molecule has 3 nitrogen and oxygen atoms in total. The number of nitrogens with one attached hydrogen (secondary N) is 2. The van der Waals surface area contributed by atoms with E-state index in [9.17, 15) is 0 Å². The molecule has 0 aliphatic rings. The average Bonchev–Trinajstić information content (AvgIpc) is 2.38. The SMILES string of the molecule is CCNC(=NCc1ccc(Cl)cc1)NC(C)CC.I. The summed E-state index contributed by atoms with van der Waals surface area (Å²) in [5.74, 6) is 0.863. The molecular formula is C14H23ClIN3. The fourth-order valence-corrected chi connectivity index (χ4v) is 1.54. The highest BCUT2D eigenvalue weighted by atomic mass is 127. The van der Waals surface area contributed by atoms with Gasteiger partial charge in [0.05, 0.1) is 6.54 Å². The zero-order valence-electron chi connectivity index (χ0n) is 11.7. The highest BCUT2D eigenvalue weighted by Gasteiger charge is 2.02. The molecule has 0 fully saturated rings. The maximum Gasteiger partial charge on any atom is 0.191 e. The van der Waals surface area contributed by atoms with Crippen LogP contribution in [0.4, 0.5) is 0 Å². The predicted molar refractivity (Wildman–Crippen MR) is 94.6 cm³/mol. The van der Waals surface area contributed by atoms with Gasteiger partial charge in [-0.15, -0.1) is 24.0 Å². The standard InChI is InChI=1S/C14H22ClN3.HI/c1-4-11(3)18-14(16-5-2)17-10-12-6-8-13(15)9-7-12;/h6-9,11H,4-5,10H2,1-3H3,(H2,16,17,18);1H. The summed E-state index contributed by atoms with van der Waals surface area (Å²) >= 11 is 5.85. The molecule has 0 aromatic heterocycles. The van der Waals surface area contributed by atoms with Gasteiger partial charge >= 0.3 is 0 Å². The van der Waals surface area contributed by atoms with Crippen molar-refractivity contribution in [1.29, 1.82) is 0 Å². The summed E-state index contributed by atoms with van der Waals surface area (Å²) in [5, 5.41) is 7.36.